The van der Waals surface area contributed by atoms with Gasteiger partial charge < -0.3 is 5.73 Å². The maximum absolute atomic E-state index is 7.51. The molecule has 106 valence electrons. The third kappa shape index (κ3) is 4.35. The molecule has 0 heterocycles. The van der Waals surface area contributed by atoms with Gasteiger partial charge in [0.05, 0.1) is 5.84 Å². The molecule has 0 bridgehead atoms. The molecule has 0 amide bonds. The summed E-state index contributed by atoms with van der Waals surface area (Å²) in [4.78, 5) is 2.36. The molecule has 0 aliphatic rings. The summed E-state index contributed by atoms with van der Waals surface area (Å²) in [6.07, 6.45) is 0. The highest BCUT2D eigenvalue weighted by molar-refractivity contribution is 5.79. The van der Waals surface area contributed by atoms with Gasteiger partial charge in [-0.25, -0.2) is 0 Å². The molecule has 0 aromatic heterocycles. The highest BCUT2D eigenvalue weighted by atomic mass is 15.1. The van der Waals surface area contributed by atoms with Crippen molar-refractivity contribution in [2.45, 2.75) is 41.2 Å². The average Bonchev–Trinajstić information content (AvgIpc) is 2.31. The third-order valence-corrected chi connectivity index (χ3v) is 3.73. The van der Waals surface area contributed by atoms with E-state index < -0.39 is 0 Å². The van der Waals surface area contributed by atoms with Crippen LogP contribution in [0.5, 0.6) is 0 Å². The van der Waals surface area contributed by atoms with Crippen LogP contribution in [0.1, 0.15) is 36.1 Å². The molecule has 1 aromatic rings. The predicted molar refractivity (Wildman–Crippen MR) is 82.7 cm³/mol. The fraction of sp³-hybridized carbons (Fsp3) is 0.562. The van der Waals surface area contributed by atoms with E-state index in [9.17, 15) is 0 Å². The molecule has 1 unspecified atom stereocenters. The van der Waals surface area contributed by atoms with Gasteiger partial charge in [-0.1, -0.05) is 31.5 Å². The smallest absolute Gasteiger partial charge is 0.0947 e. The van der Waals surface area contributed by atoms with Crippen LogP contribution in [0.2, 0.25) is 0 Å². The minimum atomic E-state index is 0.117. The summed E-state index contributed by atoms with van der Waals surface area (Å²) in [5, 5.41) is 7.51. The number of benzene rings is 1. The van der Waals surface area contributed by atoms with E-state index in [0.29, 0.717) is 0 Å². The van der Waals surface area contributed by atoms with Crippen LogP contribution in [0.15, 0.2) is 12.1 Å². The quantitative estimate of drug-likeness (QED) is 0.611. The number of nitrogens with two attached hydrogens (primary N) is 1. The molecule has 0 fully saturated rings. The van der Waals surface area contributed by atoms with Gasteiger partial charge in [0.25, 0.3) is 0 Å². The van der Waals surface area contributed by atoms with Gasteiger partial charge in [0.15, 0.2) is 0 Å². The topological polar surface area (TPSA) is 53.1 Å². The Kier molecular flexibility index (Phi) is 5.55. The van der Waals surface area contributed by atoms with Crippen LogP contribution in [0, 0.1) is 32.1 Å². The molecule has 3 heteroatoms. The van der Waals surface area contributed by atoms with Crippen molar-refractivity contribution in [3.05, 3.63) is 34.4 Å². The van der Waals surface area contributed by atoms with Gasteiger partial charge in [-0.15, -0.1) is 0 Å². The van der Waals surface area contributed by atoms with E-state index in [4.69, 9.17) is 11.1 Å². The zero-order valence-corrected chi connectivity index (χ0v) is 12.9. The number of aryl methyl sites for hydroxylation is 3. The Morgan fingerprint density at radius 2 is 1.79 bits per heavy atom. The van der Waals surface area contributed by atoms with Gasteiger partial charge in [-0.3, -0.25) is 10.3 Å². The summed E-state index contributed by atoms with van der Waals surface area (Å²) in [5.41, 5.74) is 11.0. The van der Waals surface area contributed by atoms with Crippen molar-refractivity contribution in [1.82, 2.24) is 4.90 Å². The Morgan fingerprint density at radius 3 is 2.21 bits per heavy atom. The van der Waals surface area contributed by atoms with Gasteiger partial charge in [-0.2, -0.15) is 0 Å². The zero-order valence-electron chi connectivity index (χ0n) is 12.9. The van der Waals surface area contributed by atoms with E-state index in [0.717, 1.165) is 19.6 Å². The van der Waals surface area contributed by atoms with Gasteiger partial charge >= 0.3 is 0 Å². The second-order valence-corrected chi connectivity index (χ2v) is 5.56. The van der Waals surface area contributed by atoms with Crippen molar-refractivity contribution in [3.8, 4) is 0 Å². The number of nitrogens with one attached hydrogen (secondary N) is 1. The molecule has 0 saturated heterocycles. The summed E-state index contributed by atoms with van der Waals surface area (Å²) in [6, 6.07) is 4.48. The molecular formula is C16H27N3. The molecule has 1 rings (SSSR count). The van der Waals surface area contributed by atoms with Crippen molar-refractivity contribution >= 4 is 5.84 Å². The number of amidine groups is 1. The highest BCUT2D eigenvalue weighted by Crippen LogP contribution is 2.18. The van der Waals surface area contributed by atoms with Crippen molar-refractivity contribution in [2.75, 3.05) is 13.1 Å². The summed E-state index contributed by atoms with van der Waals surface area (Å²) in [7, 11) is 0. The molecule has 0 spiro atoms. The van der Waals surface area contributed by atoms with Crippen LogP contribution in [-0.2, 0) is 6.54 Å². The van der Waals surface area contributed by atoms with E-state index in [1.54, 1.807) is 0 Å². The van der Waals surface area contributed by atoms with Crippen LogP contribution in [0.25, 0.3) is 0 Å². The average molecular weight is 261 g/mol. The molecule has 0 aliphatic heterocycles. The lowest BCUT2D eigenvalue weighted by molar-refractivity contribution is 0.262. The Morgan fingerprint density at radius 1 is 1.26 bits per heavy atom. The van der Waals surface area contributed by atoms with Crippen LogP contribution in [0.4, 0.5) is 0 Å². The summed E-state index contributed by atoms with van der Waals surface area (Å²) in [6.45, 7) is 13.4. The Hall–Kier alpha value is -1.35. The number of rotatable bonds is 6. The standard InChI is InChI=1S/C16H27N3/c1-6-19(9-14(5)16(17)18)10-15-12(3)7-11(2)8-13(15)4/h7-8,14H,6,9-10H2,1-5H3,(H3,17,18). The third-order valence-electron chi connectivity index (χ3n) is 3.73. The van der Waals surface area contributed by atoms with E-state index in [2.05, 4.69) is 44.7 Å². The zero-order chi connectivity index (χ0) is 14.6. The fourth-order valence-corrected chi connectivity index (χ4v) is 2.47. The summed E-state index contributed by atoms with van der Waals surface area (Å²) >= 11 is 0. The first-order valence-electron chi connectivity index (χ1n) is 6.98. The first-order valence-corrected chi connectivity index (χ1v) is 6.98. The van der Waals surface area contributed by atoms with Gasteiger partial charge in [0.2, 0.25) is 0 Å². The molecule has 3 N–H and O–H groups in total. The molecule has 1 atom stereocenters. The summed E-state index contributed by atoms with van der Waals surface area (Å²) in [5.74, 6) is 0.391. The predicted octanol–water partition coefficient (Wildman–Crippen LogP) is 3.01. The van der Waals surface area contributed by atoms with Crippen LogP contribution >= 0.6 is 0 Å². The minimum absolute atomic E-state index is 0.117. The molecule has 1 aromatic carbocycles. The normalized spacial score (nSPS) is 12.7. The molecule has 0 aliphatic carbocycles. The number of hydrogen-bond donors (Lipinski definition) is 2. The van der Waals surface area contributed by atoms with Crippen molar-refractivity contribution < 1.29 is 0 Å². The lowest BCUT2D eigenvalue weighted by Gasteiger charge is -2.25. The molecule has 19 heavy (non-hydrogen) atoms. The Balaban J connectivity index is 2.84. The largest absolute Gasteiger partial charge is 0.387 e. The summed E-state index contributed by atoms with van der Waals surface area (Å²) < 4.78 is 0. The van der Waals surface area contributed by atoms with E-state index in [-0.39, 0.29) is 11.8 Å². The Labute approximate surface area is 117 Å². The minimum Gasteiger partial charge on any atom is -0.387 e. The highest BCUT2D eigenvalue weighted by Gasteiger charge is 2.13. The first kappa shape index (κ1) is 15.7. The lowest BCUT2D eigenvalue weighted by atomic mass is 9.99. The van der Waals surface area contributed by atoms with Gasteiger partial charge in [-0.05, 0) is 44.0 Å². The maximum atomic E-state index is 7.51. The van der Waals surface area contributed by atoms with Crippen molar-refractivity contribution in [3.63, 3.8) is 0 Å². The molecule has 0 radical (unpaired) electrons. The molecular weight excluding hydrogens is 234 g/mol. The van der Waals surface area contributed by atoms with E-state index >= 15 is 0 Å². The van der Waals surface area contributed by atoms with Crippen LogP contribution in [0.3, 0.4) is 0 Å². The monoisotopic (exact) mass is 261 g/mol. The SMILES string of the molecule is CCN(Cc1c(C)cc(C)cc1C)CC(C)C(=N)N. The van der Waals surface area contributed by atoms with Crippen molar-refractivity contribution in [2.24, 2.45) is 11.7 Å². The fourth-order valence-electron chi connectivity index (χ4n) is 2.47. The molecule has 0 saturated carbocycles. The van der Waals surface area contributed by atoms with Gasteiger partial charge in [0.1, 0.15) is 0 Å². The second kappa shape index (κ2) is 6.71. The number of nitrogens with zero attached hydrogens (tertiary/aromatic N) is 1. The number of hydrogen-bond acceptors (Lipinski definition) is 2. The van der Waals surface area contributed by atoms with Crippen LogP contribution < -0.4 is 5.73 Å². The van der Waals surface area contributed by atoms with E-state index in [1.807, 2.05) is 6.92 Å². The van der Waals surface area contributed by atoms with Gasteiger partial charge in [0, 0.05) is 19.0 Å². The second-order valence-electron chi connectivity index (χ2n) is 5.56. The Bertz CT molecular complexity index is 428. The van der Waals surface area contributed by atoms with Crippen LogP contribution in [-0.4, -0.2) is 23.8 Å². The van der Waals surface area contributed by atoms with Crippen molar-refractivity contribution in [1.29, 1.82) is 5.41 Å². The molecule has 3 nitrogen and oxygen atoms in total. The van der Waals surface area contributed by atoms with E-state index in [1.165, 1.54) is 22.3 Å². The first-order chi connectivity index (χ1) is 8.85. The maximum Gasteiger partial charge on any atom is 0.0947 e. The lowest BCUT2D eigenvalue weighted by Crippen LogP contribution is -2.34.